The van der Waals surface area contributed by atoms with Crippen LogP contribution < -0.4 is 10.6 Å². The van der Waals surface area contributed by atoms with E-state index in [1.165, 1.54) is 7.11 Å². The summed E-state index contributed by atoms with van der Waals surface area (Å²) in [6.45, 7) is 3.84. The first-order valence-corrected chi connectivity index (χ1v) is 18.8. The van der Waals surface area contributed by atoms with Gasteiger partial charge in [-0.15, -0.1) is 0 Å². The van der Waals surface area contributed by atoms with Crippen LogP contribution >= 0.6 is 0 Å². The van der Waals surface area contributed by atoms with Gasteiger partial charge in [0.05, 0.1) is 43.0 Å². The lowest BCUT2D eigenvalue weighted by atomic mass is 9.97. The Morgan fingerprint density at radius 3 is 2.13 bits per heavy atom. The highest BCUT2D eigenvalue weighted by Crippen LogP contribution is 2.50. The van der Waals surface area contributed by atoms with Gasteiger partial charge in [-0.1, -0.05) is 48.5 Å². The van der Waals surface area contributed by atoms with Crippen LogP contribution in [0, 0.1) is 5.92 Å². The summed E-state index contributed by atoms with van der Waals surface area (Å²) in [6, 6.07) is 19.2. The van der Waals surface area contributed by atoms with E-state index in [9.17, 15) is 24.3 Å². The van der Waals surface area contributed by atoms with Crippen LogP contribution in [0.3, 0.4) is 0 Å². The van der Waals surface area contributed by atoms with E-state index in [0.717, 1.165) is 88.2 Å². The number of amides is 4. The molecule has 2 aliphatic heterocycles. The first kappa shape index (κ1) is 35.8. The number of aromatic nitrogens is 4. The number of nitrogens with zero attached hydrogens (tertiary/aromatic N) is 4. The molecule has 3 fully saturated rings. The van der Waals surface area contributed by atoms with Crippen molar-refractivity contribution in [2.24, 2.45) is 5.92 Å². The Morgan fingerprint density at radius 2 is 1.40 bits per heavy atom. The zero-order chi connectivity index (χ0) is 38.4. The maximum atomic E-state index is 13.3. The molecule has 284 valence electrons. The lowest BCUT2D eigenvalue weighted by molar-refractivity contribution is -0.137. The fourth-order valence-electron chi connectivity index (χ4n) is 8.71. The van der Waals surface area contributed by atoms with Crippen LogP contribution in [0.2, 0.25) is 0 Å². The van der Waals surface area contributed by atoms with Gasteiger partial charge in [0.1, 0.15) is 23.7 Å². The molecule has 4 heterocycles. The molecule has 5 N–H and O–H groups in total. The molecule has 8 rings (SSSR count). The minimum absolute atomic E-state index is 0.0963. The van der Waals surface area contributed by atoms with E-state index in [1.807, 2.05) is 11.1 Å². The summed E-state index contributed by atoms with van der Waals surface area (Å²) in [5, 5.41) is 16.2. The van der Waals surface area contributed by atoms with Crippen molar-refractivity contribution in [1.29, 1.82) is 0 Å². The molecular formula is C41H44N8O6. The van der Waals surface area contributed by atoms with Gasteiger partial charge in [-0.2, -0.15) is 0 Å². The van der Waals surface area contributed by atoms with Gasteiger partial charge in [-0.25, -0.2) is 19.6 Å². The molecule has 2 saturated heterocycles. The van der Waals surface area contributed by atoms with Crippen molar-refractivity contribution < 1.29 is 29.0 Å². The normalized spacial score (nSPS) is 21.4. The average Bonchev–Trinajstić information content (AvgIpc) is 4.05. The van der Waals surface area contributed by atoms with Gasteiger partial charge in [0.2, 0.25) is 11.8 Å². The first-order chi connectivity index (χ1) is 26.6. The molecule has 1 saturated carbocycles. The minimum atomic E-state index is -1.21. The molecule has 5 aromatic rings. The number of carboxylic acid groups (broad SMARTS) is 1. The third-order valence-corrected chi connectivity index (χ3v) is 11.4. The van der Waals surface area contributed by atoms with Crippen LogP contribution in [0.15, 0.2) is 73.1 Å². The zero-order valence-electron chi connectivity index (χ0n) is 30.9. The molecule has 14 heteroatoms. The van der Waals surface area contributed by atoms with Crippen LogP contribution in [0.1, 0.15) is 69.7 Å². The Morgan fingerprint density at radius 1 is 0.782 bits per heavy atom. The second-order valence-electron chi connectivity index (χ2n) is 14.9. The van der Waals surface area contributed by atoms with Gasteiger partial charge in [0.25, 0.3) is 0 Å². The van der Waals surface area contributed by atoms with Crippen molar-refractivity contribution >= 4 is 34.8 Å². The standard InChI is InChI=1S/C41H44N8O6/c1-22(45-41(54)55-3)38(50)48-16-4-5-34(48)36-42-20-32(46-36)25-8-6-24(7-9-25)26-10-11-28-18-29(13-12-27(28)17-26)33-21-43-37(47-33)35-30-14-15-31(19-30)49(35)39(51)23(2)44-40(52)53/h6-13,17-18,20-23,30-31,34-35,44H,4-5,14-16,19H2,1-3H3,(H,42,46)(H,43,47)(H,45,54)(H,52,53). The predicted octanol–water partition coefficient (Wildman–Crippen LogP) is 6.40. The summed E-state index contributed by atoms with van der Waals surface area (Å²) >= 11 is 0. The van der Waals surface area contributed by atoms with Gasteiger partial charge in [-0.05, 0) is 91.5 Å². The number of H-pyrrole nitrogens is 2. The van der Waals surface area contributed by atoms with Crippen molar-refractivity contribution in [2.75, 3.05) is 13.7 Å². The SMILES string of the molecule is COC(=O)NC(C)C(=O)N1CCCC1c1ncc(-c2ccc(-c3ccc4cc(-c5cnc(C6C7CCC(C7)N6C(=O)C(C)NC(=O)O)[nH]5)ccc4c3)cc2)[nH]1. The van der Waals surface area contributed by atoms with Crippen molar-refractivity contribution in [3.63, 3.8) is 0 Å². The summed E-state index contributed by atoms with van der Waals surface area (Å²) in [5.74, 6) is 1.36. The second-order valence-corrected chi connectivity index (χ2v) is 14.9. The highest BCUT2D eigenvalue weighted by Gasteiger charge is 2.50. The number of carbonyl (C=O) groups is 4. The van der Waals surface area contributed by atoms with Gasteiger partial charge >= 0.3 is 12.2 Å². The molecule has 55 heavy (non-hydrogen) atoms. The molecule has 4 amide bonds. The highest BCUT2D eigenvalue weighted by molar-refractivity contribution is 5.91. The Labute approximate surface area is 317 Å². The highest BCUT2D eigenvalue weighted by atomic mass is 16.5. The molecule has 2 bridgehead atoms. The number of likely N-dealkylation sites (tertiary alicyclic amines) is 2. The smallest absolute Gasteiger partial charge is 0.407 e. The fourth-order valence-corrected chi connectivity index (χ4v) is 8.71. The number of imidazole rings is 2. The quantitative estimate of drug-likeness (QED) is 0.115. The number of methoxy groups -OCH3 is 1. The van der Waals surface area contributed by atoms with Gasteiger partial charge in [0.15, 0.2) is 0 Å². The lowest BCUT2D eigenvalue weighted by Gasteiger charge is -2.35. The van der Waals surface area contributed by atoms with Crippen molar-refractivity contribution in [3.05, 3.63) is 84.7 Å². The Balaban J connectivity index is 0.952. The molecule has 6 atom stereocenters. The molecule has 6 unspecified atom stereocenters. The van der Waals surface area contributed by atoms with Crippen LogP contribution in [0.25, 0.3) is 44.4 Å². The largest absolute Gasteiger partial charge is 0.465 e. The maximum Gasteiger partial charge on any atom is 0.407 e. The number of alkyl carbamates (subject to hydrolysis) is 1. The number of nitrogens with one attached hydrogen (secondary N) is 4. The van der Waals surface area contributed by atoms with E-state index >= 15 is 0 Å². The number of piperidine rings is 1. The van der Waals surface area contributed by atoms with Crippen LogP contribution in [0.4, 0.5) is 9.59 Å². The van der Waals surface area contributed by atoms with Crippen LogP contribution in [-0.4, -0.2) is 90.6 Å². The van der Waals surface area contributed by atoms with Gasteiger partial charge in [0, 0.05) is 18.2 Å². The Bertz CT molecular complexity index is 2270. The molecule has 3 aliphatic rings. The van der Waals surface area contributed by atoms with E-state index < -0.39 is 24.3 Å². The lowest BCUT2D eigenvalue weighted by Crippen LogP contribution is -2.50. The maximum absolute atomic E-state index is 13.3. The second kappa shape index (κ2) is 14.6. The Hall–Kier alpha value is -6.18. The predicted molar refractivity (Wildman–Crippen MR) is 205 cm³/mol. The number of aromatic amines is 2. The minimum Gasteiger partial charge on any atom is -0.465 e. The summed E-state index contributed by atoms with van der Waals surface area (Å²) in [5.41, 5.74) is 5.85. The van der Waals surface area contributed by atoms with Crippen LogP contribution in [-0.2, 0) is 14.3 Å². The van der Waals surface area contributed by atoms with E-state index in [-0.39, 0.29) is 29.9 Å². The van der Waals surface area contributed by atoms with E-state index in [0.29, 0.717) is 12.5 Å². The van der Waals surface area contributed by atoms with Crippen molar-refractivity contribution in [2.45, 2.75) is 76.2 Å². The molecule has 0 spiro atoms. The number of carbonyl (C=O) groups excluding carboxylic acids is 3. The van der Waals surface area contributed by atoms with E-state index in [2.05, 4.69) is 91.0 Å². The summed E-state index contributed by atoms with van der Waals surface area (Å²) in [7, 11) is 1.27. The zero-order valence-corrected chi connectivity index (χ0v) is 30.9. The molecule has 0 radical (unpaired) electrons. The third kappa shape index (κ3) is 6.88. The molecule has 3 aromatic carbocycles. The van der Waals surface area contributed by atoms with Crippen molar-refractivity contribution in [1.82, 2.24) is 40.4 Å². The van der Waals surface area contributed by atoms with Gasteiger partial charge in [-0.3, -0.25) is 9.59 Å². The summed E-state index contributed by atoms with van der Waals surface area (Å²) in [4.78, 5) is 69.2. The average molecular weight is 745 g/mol. The number of hydrogen-bond acceptors (Lipinski definition) is 7. The fraction of sp³-hybridized carbons (Fsp3) is 0.366. The summed E-state index contributed by atoms with van der Waals surface area (Å²) in [6.07, 6.45) is 6.24. The number of ether oxygens (including phenoxy) is 1. The number of rotatable bonds is 9. The van der Waals surface area contributed by atoms with Crippen molar-refractivity contribution in [3.8, 4) is 33.6 Å². The molecule has 14 nitrogen and oxygen atoms in total. The number of hydrogen-bond donors (Lipinski definition) is 5. The molecular weight excluding hydrogens is 701 g/mol. The van der Waals surface area contributed by atoms with E-state index in [1.54, 1.807) is 24.9 Å². The summed E-state index contributed by atoms with van der Waals surface area (Å²) < 4.78 is 4.65. The first-order valence-electron chi connectivity index (χ1n) is 18.8. The number of benzene rings is 3. The van der Waals surface area contributed by atoms with E-state index in [4.69, 9.17) is 4.98 Å². The molecule has 2 aromatic heterocycles. The van der Waals surface area contributed by atoms with Gasteiger partial charge < -0.3 is 40.2 Å². The monoisotopic (exact) mass is 744 g/mol. The Kier molecular flexibility index (Phi) is 9.49. The molecule has 1 aliphatic carbocycles. The topological polar surface area (TPSA) is 186 Å². The number of fused-ring (bicyclic) bond motifs is 3. The van der Waals surface area contributed by atoms with Crippen LogP contribution in [0.5, 0.6) is 0 Å². The third-order valence-electron chi connectivity index (χ3n) is 11.4.